The van der Waals surface area contributed by atoms with Crippen LogP contribution in [0.15, 0.2) is 146 Å². The maximum atomic E-state index is 3.56. The predicted molar refractivity (Wildman–Crippen MR) is 207 cm³/mol. The van der Waals surface area contributed by atoms with Crippen molar-refractivity contribution in [3.05, 3.63) is 157 Å². The molecule has 6 aromatic carbocycles. The number of fused-ring (bicyclic) bond motifs is 4. The Labute approximate surface area is 278 Å². The van der Waals surface area contributed by atoms with E-state index in [1.807, 2.05) is 67.5 Å². The Hall–Kier alpha value is -4.88. The highest BCUT2D eigenvalue weighted by Gasteiger charge is 2.20. The fourth-order valence-electron chi connectivity index (χ4n) is 5.54. The summed E-state index contributed by atoms with van der Waals surface area (Å²) in [5.74, 6) is 0. The first-order valence-corrected chi connectivity index (χ1v) is 17.0. The van der Waals surface area contributed by atoms with Crippen LogP contribution < -0.4 is 5.32 Å². The molecule has 0 radical (unpaired) electrons. The molecule has 0 fully saturated rings. The van der Waals surface area contributed by atoms with Gasteiger partial charge in [0, 0.05) is 11.4 Å². The second-order valence-electron chi connectivity index (χ2n) is 10.1. The zero-order valence-electron chi connectivity index (χ0n) is 29.1. The van der Waals surface area contributed by atoms with Gasteiger partial charge in [0.2, 0.25) is 0 Å². The van der Waals surface area contributed by atoms with E-state index in [1.165, 1.54) is 55.3 Å². The molecule has 0 aromatic heterocycles. The molecule has 1 heteroatoms. The highest BCUT2D eigenvalue weighted by molar-refractivity contribution is 5.96. The van der Waals surface area contributed by atoms with Crippen LogP contribution in [0, 0.1) is 0 Å². The van der Waals surface area contributed by atoms with Crippen LogP contribution in [0.5, 0.6) is 0 Å². The third kappa shape index (κ3) is 8.43. The topological polar surface area (TPSA) is 12.0 Å². The molecule has 0 heterocycles. The Kier molecular flexibility index (Phi) is 14.6. The zero-order chi connectivity index (χ0) is 33.3. The van der Waals surface area contributed by atoms with E-state index in [0.717, 1.165) is 17.8 Å². The molecule has 1 N–H and O–H groups in total. The summed E-state index contributed by atoms with van der Waals surface area (Å²) in [6.07, 6.45) is 5.00. The first-order valence-electron chi connectivity index (χ1n) is 17.0. The van der Waals surface area contributed by atoms with E-state index < -0.39 is 0 Å². The highest BCUT2D eigenvalue weighted by Crippen LogP contribution is 2.41. The quantitative estimate of drug-likeness (QED) is 0.197. The third-order valence-corrected chi connectivity index (χ3v) is 7.65. The Bertz CT molecular complexity index is 1780. The van der Waals surface area contributed by atoms with Crippen molar-refractivity contribution in [2.45, 2.75) is 61.8 Å². The van der Waals surface area contributed by atoms with Gasteiger partial charge in [-0.1, -0.05) is 163 Å². The number of anilines is 2. The van der Waals surface area contributed by atoms with Crippen molar-refractivity contribution < 1.29 is 0 Å². The summed E-state index contributed by atoms with van der Waals surface area (Å²) in [6.45, 7) is 16.0. The monoisotopic (exact) mass is 605 g/mol. The SMILES string of the molecule is C/C=C\C.CC.CC.CC.c1ccc2c(c1)Cc1c(-c3ccc(Nc4ccc(-c5cccc6ccccc56)cc4)cc3)cccc1-2. The molecule has 0 spiro atoms. The Morgan fingerprint density at radius 1 is 0.435 bits per heavy atom. The van der Waals surface area contributed by atoms with Gasteiger partial charge >= 0.3 is 0 Å². The van der Waals surface area contributed by atoms with Crippen LogP contribution in [0.25, 0.3) is 44.2 Å². The van der Waals surface area contributed by atoms with Gasteiger partial charge in [0.05, 0.1) is 0 Å². The summed E-state index contributed by atoms with van der Waals surface area (Å²) in [5.41, 5.74) is 12.9. The van der Waals surface area contributed by atoms with E-state index in [4.69, 9.17) is 0 Å². The zero-order valence-corrected chi connectivity index (χ0v) is 29.1. The van der Waals surface area contributed by atoms with Crippen LogP contribution in [0.2, 0.25) is 0 Å². The molecule has 0 atom stereocenters. The van der Waals surface area contributed by atoms with E-state index in [1.54, 1.807) is 0 Å². The Morgan fingerprint density at radius 2 is 0.891 bits per heavy atom. The van der Waals surface area contributed by atoms with Gasteiger partial charge in [-0.15, -0.1) is 0 Å². The molecule has 0 aliphatic heterocycles. The van der Waals surface area contributed by atoms with Crippen molar-refractivity contribution in [3.8, 4) is 33.4 Å². The van der Waals surface area contributed by atoms with E-state index in [9.17, 15) is 0 Å². The Balaban J connectivity index is 0.000000521. The van der Waals surface area contributed by atoms with Gasteiger partial charge in [0.25, 0.3) is 0 Å². The van der Waals surface area contributed by atoms with Crippen LogP contribution in [0.4, 0.5) is 11.4 Å². The molecule has 0 saturated heterocycles. The van der Waals surface area contributed by atoms with Crippen molar-refractivity contribution in [1.82, 2.24) is 0 Å². The summed E-state index contributed by atoms with van der Waals surface area (Å²) in [4.78, 5) is 0. The van der Waals surface area contributed by atoms with Gasteiger partial charge in [-0.2, -0.15) is 0 Å². The van der Waals surface area contributed by atoms with Gasteiger partial charge in [-0.05, 0) is 99.8 Å². The predicted octanol–water partition coefficient (Wildman–Crippen LogP) is 14.1. The first-order chi connectivity index (χ1) is 22.7. The number of hydrogen-bond acceptors (Lipinski definition) is 1. The lowest BCUT2D eigenvalue weighted by Gasteiger charge is -2.12. The number of benzene rings is 6. The molecule has 6 aromatic rings. The largest absolute Gasteiger partial charge is 0.356 e. The molecule has 236 valence electrons. The van der Waals surface area contributed by atoms with E-state index in [0.29, 0.717) is 0 Å². The summed E-state index contributed by atoms with van der Waals surface area (Å²) >= 11 is 0. The summed E-state index contributed by atoms with van der Waals surface area (Å²) < 4.78 is 0. The van der Waals surface area contributed by atoms with Gasteiger partial charge in [-0.25, -0.2) is 0 Å². The second-order valence-corrected chi connectivity index (χ2v) is 10.1. The standard InChI is InChI=1S/C35H25N.C4H8.3C2H6/c1-3-10-30-24(7-1)9-5-12-31(30)25-15-19-28(20-16-25)36-29-21-17-26(18-22-29)32-13-6-14-34-33-11-4-2-8-27(33)23-35(32)34;1-3-4-2;3*1-2/h1-22,36H,23H2;3-4H,1-2H3;3*1-2H3/b;4-3-;;;. The van der Waals surface area contributed by atoms with E-state index in [2.05, 4.69) is 139 Å². The smallest absolute Gasteiger partial charge is 0.0384 e. The Morgan fingerprint density at radius 3 is 1.52 bits per heavy atom. The normalized spacial score (nSPS) is 10.4. The van der Waals surface area contributed by atoms with Crippen LogP contribution in [0.1, 0.15) is 66.5 Å². The van der Waals surface area contributed by atoms with Crippen molar-refractivity contribution in [2.24, 2.45) is 0 Å². The maximum absolute atomic E-state index is 3.56. The average Bonchev–Trinajstić information content (AvgIpc) is 3.54. The minimum atomic E-state index is 1.00. The average molecular weight is 606 g/mol. The molecule has 0 amide bonds. The highest BCUT2D eigenvalue weighted by atomic mass is 14.9. The molecule has 1 nitrogen and oxygen atoms in total. The fourth-order valence-corrected chi connectivity index (χ4v) is 5.54. The lowest BCUT2D eigenvalue weighted by Crippen LogP contribution is -1.92. The van der Waals surface area contributed by atoms with Crippen molar-refractivity contribution in [1.29, 1.82) is 0 Å². The number of hydrogen-bond donors (Lipinski definition) is 1. The van der Waals surface area contributed by atoms with E-state index in [-0.39, 0.29) is 0 Å². The number of nitrogens with one attached hydrogen (secondary N) is 1. The lowest BCUT2D eigenvalue weighted by molar-refractivity contribution is 1.26. The third-order valence-electron chi connectivity index (χ3n) is 7.65. The minimum absolute atomic E-state index is 1.00. The number of allylic oxidation sites excluding steroid dienone is 2. The summed E-state index contributed by atoms with van der Waals surface area (Å²) in [6, 6.07) is 48.0. The molecule has 7 rings (SSSR count). The van der Waals surface area contributed by atoms with Crippen LogP contribution in [0.3, 0.4) is 0 Å². The summed E-state index contributed by atoms with van der Waals surface area (Å²) in [7, 11) is 0. The molecule has 46 heavy (non-hydrogen) atoms. The van der Waals surface area contributed by atoms with Crippen molar-refractivity contribution in [3.63, 3.8) is 0 Å². The van der Waals surface area contributed by atoms with Crippen molar-refractivity contribution in [2.75, 3.05) is 5.32 Å². The van der Waals surface area contributed by atoms with Crippen LogP contribution >= 0.6 is 0 Å². The molecule has 0 bridgehead atoms. The summed E-state index contributed by atoms with van der Waals surface area (Å²) in [5, 5.41) is 6.12. The molecule has 0 unspecified atom stereocenters. The van der Waals surface area contributed by atoms with Crippen LogP contribution in [-0.2, 0) is 6.42 Å². The lowest BCUT2D eigenvalue weighted by atomic mass is 9.95. The minimum Gasteiger partial charge on any atom is -0.356 e. The fraction of sp³-hybridized carbons (Fsp3) is 0.200. The second kappa shape index (κ2) is 18.8. The number of rotatable bonds is 4. The molecular weight excluding hydrogens is 555 g/mol. The van der Waals surface area contributed by atoms with Gasteiger partial charge < -0.3 is 5.32 Å². The molecule has 0 saturated carbocycles. The van der Waals surface area contributed by atoms with Gasteiger partial charge in [0.15, 0.2) is 0 Å². The van der Waals surface area contributed by atoms with Crippen molar-refractivity contribution >= 4 is 22.1 Å². The van der Waals surface area contributed by atoms with Gasteiger partial charge in [-0.3, -0.25) is 0 Å². The maximum Gasteiger partial charge on any atom is 0.0384 e. The first kappa shape index (κ1) is 35.6. The van der Waals surface area contributed by atoms with E-state index >= 15 is 0 Å². The van der Waals surface area contributed by atoms with Crippen LogP contribution in [-0.4, -0.2) is 0 Å². The molecular formula is C45H51N. The molecule has 1 aliphatic carbocycles. The van der Waals surface area contributed by atoms with Gasteiger partial charge in [0.1, 0.15) is 0 Å². The molecule has 1 aliphatic rings.